The Morgan fingerprint density at radius 2 is 0.719 bits per heavy atom. The summed E-state index contributed by atoms with van der Waals surface area (Å²) in [6.07, 6.45) is 60.8. The van der Waals surface area contributed by atoms with Gasteiger partial charge in [0, 0.05) is 0 Å². The van der Waals surface area contributed by atoms with Crippen LogP contribution < -0.4 is 5.32 Å². The van der Waals surface area contributed by atoms with Crippen LogP contribution in [-0.2, 0) is 4.79 Å². The molecule has 57 heavy (non-hydrogen) atoms. The van der Waals surface area contributed by atoms with Crippen molar-refractivity contribution in [1.82, 2.24) is 5.32 Å². The Morgan fingerprint density at radius 1 is 0.421 bits per heavy atom. The minimum absolute atomic E-state index is 0.375. The van der Waals surface area contributed by atoms with Crippen LogP contribution in [-0.4, -0.2) is 46.1 Å². The number of unbranched alkanes of at least 4 members (excludes halogenated alkanes) is 34. The van der Waals surface area contributed by atoms with Crippen LogP contribution in [0.5, 0.6) is 0 Å². The summed E-state index contributed by atoms with van der Waals surface area (Å²) in [6, 6.07) is -0.812. The molecule has 0 radical (unpaired) electrons. The molecule has 5 nitrogen and oxygen atoms in total. The molecule has 3 unspecified atom stereocenters. The fraction of sp³-hybridized carbons (Fsp3) is 0.865. The molecule has 0 heterocycles. The van der Waals surface area contributed by atoms with Gasteiger partial charge in [0.15, 0.2) is 0 Å². The molecule has 0 rings (SSSR count). The molecule has 0 aliphatic carbocycles. The Bertz CT molecular complexity index is 885. The summed E-state index contributed by atoms with van der Waals surface area (Å²) in [5, 5.41) is 33.1. The average Bonchev–Trinajstić information content (AvgIpc) is 3.22. The summed E-state index contributed by atoms with van der Waals surface area (Å²) in [7, 11) is 0. The monoisotopic (exact) mass is 802 g/mol. The van der Waals surface area contributed by atoms with Gasteiger partial charge in [-0.15, -0.1) is 0 Å². The predicted octanol–water partition coefficient (Wildman–Crippen LogP) is 15.1. The number of rotatable bonds is 46. The average molecular weight is 802 g/mol. The zero-order chi connectivity index (χ0) is 41.5. The van der Waals surface area contributed by atoms with Gasteiger partial charge in [0.1, 0.15) is 6.10 Å². The normalized spacial score (nSPS) is 13.7. The zero-order valence-electron chi connectivity index (χ0n) is 38.2. The van der Waals surface area contributed by atoms with Gasteiger partial charge in [-0.05, 0) is 57.8 Å². The van der Waals surface area contributed by atoms with Gasteiger partial charge in [-0.1, -0.05) is 243 Å². The van der Waals surface area contributed by atoms with Crippen LogP contribution in [0.2, 0.25) is 0 Å². The number of hydrogen-bond acceptors (Lipinski definition) is 4. The lowest BCUT2D eigenvalue weighted by Gasteiger charge is -2.21. The van der Waals surface area contributed by atoms with Crippen molar-refractivity contribution in [3.05, 3.63) is 36.5 Å². The van der Waals surface area contributed by atoms with E-state index in [0.29, 0.717) is 6.42 Å². The van der Waals surface area contributed by atoms with Gasteiger partial charge in [0.05, 0.1) is 18.8 Å². The number of carbonyl (C=O) groups excluding carboxylic acids is 1. The number of nitrogens with one attached hydrogen (secondary N) is 1. The maximum Gasteiger partial charge on any atom is 0.249 e. The highest BCUT2D eigenvalue weighted by atomic mass is 16.3. The van der Waals surface area contributed by atoms with E-state index in [2.05, 4.69) is 43.5 Å². The second-order valence-corrected chi connectivity index (χ2v) is 17.4. The first-order valence-corrected chi connectivity index (χ1v) is 25.3. The second-order valence-electron chi connectivity index (χ2n) is 17.4. The minimum atomic E-state index is -1.10. The molecule has 0 aromatic heterocycles. The molecule has 3 atom stereocenters. The van der Waals surface area contributed by atoms with Crippen LogP contribution in [0.1, 0.15) is 264 Å². The van der Waals surface area contributed by atoms with E-state index in [1.54, 1.807) is 6.08 Å². The van der Waals surface area contributed by atoms with Crippen LogP contribution in [0.4, 0.5) is 0 Å². The van der Waals surface area contributed by atoms with Crippen LogP contribution in [0.3, 0.4) is 0 Å². The fourth-order valence-corrected chi connectivity index (χ4v) is 7.73. The molecule has 0 saturated carbocycles. The van der Waals surface area contributed by atoms with Gasteiger partial charge >= 0.3 is 0 Å². The van der Waals surface area contributed by atoms with Crippen LogP contribution in [0.15, 0.2) is 36.5 Å². The predicted molar refractivity (Wildman–Crippen MR) is 250 cm³/mol. The van der Waals surface area contributed by atoms with E-state index in [4.69, 9.17) is 0 Å². The number of aliphatic hydroxyl groups is 3. The molecule has 0 aliphatic heterocycles. The summed E-state index contributed by atoms with van der Waals surface area (Å²) < 4.78 is 0. The van der Waals surface area contributed by atoms with Gasteiger partial charge in [0.25, 0.3) is 0 Å². The van der Waals surface area contributed by atoms with Crippen LogP contribution >= 0.6 is 0 Å². The quantitative estimate of drug-likeness (QED) is 0.0365. The maximum absolute atomic E-state index is 12.5. The lowest BCUT2D eigenvalue weighted by molar-refractivity contribution is -0.131. The van der Waals surface area contributed by atoms with E-state index in [9.17, 15) is 20.1 Å². The van der Waals surface area contributed by atoms with E-state index in [1.165, 1.54) is 205 Å². The van der Waals surface area contributed by atoms with Crippen LogP contribution in [0.25, 0.3) is 0 Å². The highest BCUT2D eigenvalue weighted by Crippen LogP contribution is 2.16. The van der Waals surface area contributed by atoms with Crippen molar-refractivity contribution in [3.8, 4) is 0 Å². The molecule has 336 valence electrons. The number of carbonyl (C=O) groups is 1. The number of amides is 1. The molecule has 0 bridgehead atoms. The van der Waals surface area contributed by atoms with E-state index < -0.39 is 24.2 Å². The first-order valence-electron chi connectivity index (χ1n) is 25.3. The molecule has 0 aliphatic rings. The maximum atomic E-state index is 12.5. The third-order valence-corrected chi connectivity index (χ3v) is 11.7. The third kappa shape index (κ3) is 42.5. The SMILES string of the molecule is CCCCCCC/C=C/CC/C=C/C(O)C(CO)NC(=O)C(O)CCCCCCCCCCCCCCCCCC/C=C\CCCCCCCCCCCCCC. The van der Waals surface area contributed by atoms with Crippen molar-refractivity contribution in [2.24, 2.45) is 0 Å². The number of hydrogen-bond donors (Lipinski definition) is 4. The Kier molecular flexibility index (Phi) is 46.1. The molecular weight excluding hydrogens is 703 g/mol. The molecule has 0 saturated heterocycles. The Balaban J connectivity index is 3.51. The Hall–Kier alpha value is -1.43. The summed E-state index contributed by atoms with van der Waals surface area (Å²) in [5.74, 6) is -0.512. The molecule has 5 heteroatoms. The highest BCUT2D eigenvalue weighted by Gasteiger charge is 2.22. The highest BCUT2D eigenvalue weighted by molar-refractivity contribution is 5.80. The van der Waals surface area contributed by atoms with E-state index >= 15 is 0 Å². The first kappa shape index (κ1) is 55.6. The van der Waals surface area contributed by atoms with E-state index in [0.717, 1.165) is 38.5 Å². The summed E-state index contributed by atoms with van der Waals surface area (Å²) in [4.78, 5) is 12.5. The lowest BCUT2D eigenvalue weighted by atomic mass is 10.0. The molecule has 4 N–H and O–H groups in total. The summed E-state index contributed by atoms with van der Waals surface area (Å²) in [6.45, 7) is 4.15. The van der Waals surface area contributed by atoms with Gasteiger partial charge in [-0.25, -0.2) is 0 Å². The fourth-order valence-electron chi connectivity index (χ4n) is 7.73. The van der Waals surface area contributed by atoms with Gasteiger partial charge in [0.2, 0.25) is 5.91 Å². The smallest absolute Gasteiger partial charge is 0.249 e. The van der Waals surface area contributed by atoms with Crippen molar-refractivity contribution >= 4 is 5.91 Å². The molecular formula is C52H99NO4. The van der Waals surface area contributed by atoms with Gasteiger partial charge < -0.3 is 20.6 Å². The van der Waals surface area contributed by atoms with Crippen molar-refractivity contribution in [1.29, 1.82) is 0 Å². The van der Waals surface area contributed by atoms with Crippen molar-refractivity contribution < 1.29 is 20.1 Å². The molecule has 0 spiro atoms. The van der Waals surface area contributed by atoms with E-state index in [1.807, 2.05) is 6.08 Å². The third-order valence-electron chi connectivity index (χ3n) is 11.7. The van der Waals surface area contributed by atoms with Crippen molar-refractivity contribution in [2.75, 3.05) is 6.61 Å². The minimum Gasteiger partial charge on any atom is -0.394 e. The molecule has 0 fully saturated rings. The topological polar surface area (TPSA) is 89.8 Å². The van der Waals surface area contributed by atoms with Crippen molar-refractivity contribution in [2.45, 2.75) is 283 Å². The molecule has 1 amide bonds. The number of aliphatic hydroxyl groups excluding tert-OH is 3. The Labute approximate surface area is 355 Å². The molecule has 0 aromatic rings. The van der Waals surface area contributed by atoms with Gasteiger partial charge in [-0.2, -0.15) is 0 Å². The zero-order valence-corrected chi connectivity index (χ0v) is 38.2. The Morgan fingerprint density at radius 3 is 1.07 bits per heavy atom. The standard InChI is InChI=1S/C52H99NO4/c1-3-5-7-9-11-13-15-16-17-18-19-20-21-22-23-24-25-26-27-28-29-30-31-32-33-34-35-37-39-41-43-45-47-51(56)52(57)53-49(48-54)50(55)46-44-42-40-38-36-14-12-10-8-6-4-2/h22-23,36,38,44,46,49-51,54-56H,3-21,24-35,37,39-43,45,47-48H2,1-2H3,(H,53,57)/b23-22-,38-36+,46-44+. The van der Waals surface area contributed by atoms with E-state index in [-0.39, 0.29) is 6.61 Å². The van der Waals surface area contributed by atoms with Crippen LogP contribution in [0, 0.1) is 0 Å². The summed E-state index contributed by atoms with van der Waals surface area (Å²) >= 11 is 0. The van der Waals surface area contributed by atoms with Gasteiger partial charge in [-0.3, -0.25) is 4.79 Å². The van der Waals surface area contributed by atoms with Crippen molar-refractivity contribution in [3.63, 3.8) is 0 Å². The molecule has 0 aromatic carbocycles. The second kappa shape index (κ2) is 47.3. The first-order chi connectivity index (χ1) is 28.1. The largest absolute Gasteiger partial charge is 0.394 e. The lowest BCUT2D eigenvalue weighted by Crippen LogP contribution is -2.48. The number of allylic oxidation sites excluding steroid dienone is 5. The summed E-state index contributed by atoms with van der Waals surface area (Å²) in [5.41, 5.74) is 0.